The largest absolute Gasteiger partial charge is 0.377 e. The van der Waals surface area contributed by atoms with Crippen molar-refractivity contribution < 1.29 is 13.2 Å². The number of thiophene rings is 1. The molecule has 114 valence electrons. The van der Waals surface area contributed by atoms with Gasteiger partial charge in [-0.15, -0.1) is 11.3 Å². The summed E-state index contributed by atoms with van der Waals surface area (Å²) < 4.78 is 32.8. The van der Waals surface area contributed by atoms with E-state index in [1.54, 1.807) is 7.11 Å². The van der Waals surface area contributed by atoms with Crippen LogP contribution >= 0.6 is 11.3 Å². The molecular formula is C13H22N2O3S2. The lowest BCUT2D eigenvalue weighted by Crippen LogP contribution is -2.49. The summed E-state index contributed by atoms with van der Waals surface area (Å²) >= 11 is 1.41. The molecule has 0 amide bonds. The molecule has 1 aromatic rings. The van der Waals surface area contributed by atoms with Gasteiger partial charge < -0.3 is 10.5 Å². The van der Waals surface area contributed by atoms with Crippen LogP contribution in [0.4, 0.5) is 0 Å². The Morgan fingerprint density at radius 2 is 2.25 bits per heavy atom. The van der Waals surface area contributed by atoms with Crippen molar-refractivity contribution in [2.45, 2.75) is 43.7 Å². The first-order valence-electron chi connectivity index (χ1n) is 6.66. The van der Waals surface area contributed by atoms with Crippen molar-refractivity contribution in [2.24, 2.45) is 5.73 Å². The van der Waals surface area contributed by atoms with E-state index in [0.29, 0.717) is 18.0 Å². The molecule has 0 bridgehead atoms. The van der Waals surface area contributed by atoms with Gasteiger partial charge in [0, 0.05) is 31.6 Å². The third-order valence-electron chi connectivity index (χ3n) is 3.89. The van der Waals surface area contributed by atoms with Gasteiger partial charge in [0.1, 0.15) is 4.90 Å². The number of rotatable bonds is 4. The number of methoxy groups -OCH3 is 1. The highest BCUT2D eigenvalue weighted by Crippen LogP contribution is 2.33. The molecule has 1 atom stereocenters. The van der Waals surface area contributed by atoms with Crippen LogP contribution in [-0.4, -0.2) is 38.5 Å². The molecule has 2 heterocycles. The zero-order chi connectivity index (χ0) is 15.0. The molecule has 0 saturated carbocycles. The molecule has 20 heavy (non-hydrogen) atoms. The van der Waals surface area contributed by atoms with Crippen LogP contribution in [0.25, 0.3) is 0 Å². The van der Waals surface area contributed by atoms with Gasteiger partial charge in [-0.1, -0.05) is 0 Å². The van der Waals surface area contributed by atoms with E-state index in [0.717, 1.165) is 23.3 Å². The van der Waals surface area contributed by atoms with Gasteiger partial charge in [0.15, 0.2) is 0 Å². The summed E-state index contributed by atoms with van der Waals surface area (Å²) in [6, 6.07) is 0. The summed E-state index contributed by atoms with van der Waals surface area (Å²) in [5.41, 5.74) is 6.05. The van der Waals surface area contributed by atoms with Crippen LogP contribution in [-0.2, 0) is 21.3 Å². The van der Waals surface area contributed by atoms with Crippen molar-refractivity contribution in [1.82, 2.24) is 4.31 Å². The number of piperidine rings is 1. The summed E-state index contributed by atoms with van der Waals surface area (Å²) in [7, 11) is -1.85. The molecule has 1 aliphatic rings. The van der Waals surface area contributed by atoms with Gasteiger partial charge in [-0.3, -0.25) is 0 Å². The maximum Gasteiger partial charge on any atom is 0.244 e. The molecule has 1 aliphatic heterocycles. The van der Waals surface area contributed by atoms with E-state index < -0.39 is 15.6 Å². The fraction of sp³-hybridized carbons (Fsp3) is 0.692. The van der Waals surface area contributed by atoms with E-state index in [9.17, 15) is 8.42 Å². The lowest BCUT2D eigenvalue weighted by molar-refractivity contribution is -0.0319. The highest BCUT2D eigenvalue weighted by atomic mass is 32.2. The summed E-state index contributed by atoms with van der Waals surface area (Å²) in [6.45, 7) is 4.97. The monoisotopic (exact) mass is 318 g/mol. The van der Waals surface area contributed by atoms with Gasteiger partial charge in [0.25, 0.3) is 0 Å². The quantitative estimate of drug-likeness (QED) is 0.917. The second-order valence-corrected chi connectivity index (χ2v) is 8.31. The molecule has 0 spiro atoms. The molecule has 1 aromatic heterocycles. The van der Waals surface area contributed by atoms with E-state index in [1.807, 2.05) is 19.2 Å². The predicted octanol–water partition coefficient (Wildman–Crippen LogP) is 1.70. The van der Waals surface area contributed by atoms with Crippen molar-refractivity contribution in [2.75, 3.05) is 20.2 Å². The molecule has 0 aromatic carbocycles. The highest BCUT2D eigenvalue weighted by Gasteiger charge is 2.38. The second kappa shape index (κ2) is 5.73. The minimum Gasteiger partial charge on any atom is -0.377 e. The van der Waals surface area contributed by atoms with Gasteiger partial charge in [-0.05, 0) is 37.6 Å². The van der Waals surface area contributed by atoms with Crippen LogP contribution in [0.3, 0.4) is 0 Å². The third-order valence-corrected chi connectivity index (χ3v) is 7.22. The standard InChI is InChI=1S/C13H22N2O3S2/c1-10-8-19-11(7-14)12(10)20(16,17)15-6-4-5-13(2,9-15)18-3/h8H,4-7,9,14H2,1-3H3. The summed E-state index contributed by atoms with van der Waals surface area (Å²) in [6.07, 6.45) is 1.69. The molecule has 5 nitrogen and oxygen atoms in total. The molecule has 1 unspecified atom stereocenters. The van der Waals surface area contributed by atoms with E-state index in [4.69, 9.17) is 10.5 Å². The maximum atomic E-state index is 12.9. The number of hydrogen-bond donors (Lipinski definition) is 1. The van der Waals surface area contributed by atoms with Crippen molar-refractivity contribution in [3.05, 3.63) is 15.8 Å². The smallest absolute Gasteiger partial charge is 0.244 e. The van der Waals surface area contributed by atoms with Gasteiger partial charge in [0.2, 0.25) is 10.0 Å². The van der Waals surface area contributed by atoms with Crippen LogP contribution < -0.4 is 5.73 Å². The summed E-state index contributed by atoms with van der Waals surface area (Å²) in [4.78, 5) is 1.12. The van der Waals surface area contributed by atoms with Gasteiger partial charge in [0.05, 0.1) is 5.60 Å². The average molecular weight is 318 g/mol. The molecule has 2 N–H and O–H groups in total. The predicted molar refractivity (Wildman–Crippen MR) is 80.4 cm³/mol. The Balaban J connectivity index is 2.37. The van der Waals surface area contributed by atoms with Gasteiger partial charge >= 0.3 is 0 Å². The average Bonchev–Trinajstić information content (AvgIpc) is 2.80. The van der Waals surface area contributed by atoms with Gasteiger partial charge in [-0.25, -0.2) is 8.42 Å². The topological polar surface area (TPSA) is 72.6 Å². The first-order chi connectivity index (χ1) is 9.34. The third kappa shape index (κ3) is 2.78. The summed E-state index contributed by atoms with van der Waals surface area (Å²) in [5.74, 6) is 0. The lowest BCUT2D eigenvalue weighted by Gasteiger charge is -2.38. The van der Waals surface area contributed by atoms with E-state index >= 15 is 0 Å². The lowest BCUT2D eigenvalue weighted by atomic mass is 9.96. The summed E-state index contributed by atoms with van der Waals surface area (Å²) in [5, 5.41) is 1.86. The Morgan fingerprint density at radius 1 is 1.55 bits per heavy atom. The number of sulfonamides is 1. The van der Waals surface area contributed by atoms with E-state index in [-0.39, 0.29) is 6.54 Å². The normalized spacial score (nSPS) is 25.0. The molecule has 0 aliphatic carbocycles. The SMILES string of the molecule is COC1(C)CCCN(S(=O)(=O)c2c(C)csc2CN)C1. The van der Waals surface area contributed by atoms with Gasteiger partial charge in [-0.2, -0.15) is 4.31 Å². The zero-order valence-corrected chi connectivity index (χ0v) is 13.8. The van der Waals surface area contributed by atoms with Crippen LogP contribution in [0.15, 0.2) is 10.3 Å². The Morgan fingerprint density at radius 3 is 2.85 bits per heavy atom. The molecule has 1 fully saturated rings. The van der Waals surface area contributed by atoms with Crippen LogP contribution in [0.2, 0.25) is 0 Å². The number of hydrogen-bond acceptors (Lipinski definition) is 5. The zero-order valence-electron chi connectivity index (χ0n) is 12.2. The van der Waals surface area contributed by atoms with Crippen LogP contribution in [0.1, 0.15) is 30.2 Å². The van der Waals surface area contributed by atoms with Crippen LogP contribution in [0, 0.1) is 6.92 Å². The second-order valence-electron chi connectivity index (χ2n) is 5.47. The Labute approximate surface area is 124 Å². The molecule has 7 heteroatoms. The maximum absolute atomic E-state index is 12.9. The fourth-order valence-electron chi connectivity index (χ4n) is 2.64. The minimum atomic E-state index is -3.49. The van der Waals surface area contributed by atoms with Crippen LogP contribution in [0.5, 0.6) is 0 Å². The van der Waals surface area contributed by atoms with Crippen molar-refractivity contribution >= 4 is 21.4 Å². The van der Waals surface area contributed by atoms with Crippen molar-refractivity contribution in [3.63, 3.8) is 0 Å². The molecule has 2 rings (SSSR count). The Hall–Kier alpha value is -0.470. The molecule has 0 radical (unpaired) electrons. The number of nitrogens with zero attached hydrogens (tertiary/aromatic N) is 1. The molecule has 1 saturated heterocycles. The van der Waals surface area contributed by atoms with Crippen molar-refractivity contribution in [3.8, 4) is 0 Å². The first-order valence-corrected chi connectivity index (χ1v) is 8.98. The van der Waals surface area contributed by atoms with Crippen molar-refractivity contribution in [1.29, 1.82) is 0 Å². The highest BCUT2D eigenvalue weighted by molar-refractivity contribution is 7.89. The molecular weight excluding hydrogens is 296 g/mol. The number of nitrogens with two attached hydrogens (primary N) is 1. The number of ether oxygens (including phenoxy) is 1. The fourth-order valence-corrected chi connectivity index (χ4v) is 5.88. The first kappa shape index (κ1) is 15.9. The number of aryl methyl sites for hydroxylation is 1. The Kier molecular flexibility index (Phi) is 4.56. The van der Waals surface area contributed by atoms with E-state index in [2.05, 4.69) is 0 Å². The Bertz CT molecular complexity index is 582. The minimum absolute atomic E-state index is 0.252. The van der Waals surface area contributed by atoms with E-state index in [1.165, 1.54) is 15.6 Å².